The van der Waals surface area contributed by atoms with Crippen molar-refractivity contribution in [3.63, 3.8) is 0 Å². The number of aromatic nitrogens is 2. The van der Waals surface area contributed by atoms with Crippen LogP contribution in [0, 0.1) is 18.2 Å². The second kappa shape index (κ2) is 10.2. The van der Waals surface area contributed by atoms with Crippen LogP contribution in [-0.2, 0) is 0 Å². The molecule has 210 valence electrons. The van der Waals surface area contributed by atoms with Gasteiger partial charge >= 0.3 is 6.01 Å². The summed E-state index contributed by atoms with van der Waals surface area (Å²) in [6, 6.07) is 15.6. The molecule has 7 rings (SSSR count). The normalized spacial score (nSPS) is 24.1. The van der Waals surface area contributed by atoms with Gasteiger partial charge in [0.2, 0.25) is 0 Å². The van der Waals surface area contributed by atoms with Crippen LogP contribution in [0.3, 0.4) is 0 Å². The van der Waals surface area contributed by atoms with Gasteiger partial charge in [-0.1, -0.05) is 42.3 Å². The number of likely N-dealkylation sites (N-methyl/N-ethyl adjacent to an activating group) is 1. The molecule has 0 amide bonds. The molecule has 8 heteroatoms. The summed E-state index contributed by atoms with van der Waals surface area (Å²) in [7, 11) is 1.99. The van der Waals surface area contributed by atoms with E-state index in [1.54, 1.807) is 6.07 Å². The molecule has 0 unspecified atom stereocenters. The summed E-state index contributed by atoms with van der Waals surface area (Å²) in [6.07, 6.45) is 8.26. The summed E-state index contributed by atoms with van der Waals surface area (Å²) in [5.74, 6) is 2.94. The summed E-state index contributed by atoms with van der Waals surface area (Å²) in [5.41, 5.74) is 1.69. The maximum absolute atomic E-state index is 16.6. The molecular weight excluding hydrogens is 520 g/mol. The molecule has 0 spiro atoms. The monoisotopic (exact) mass is 553 g/mol. The predicted octanol–water partition coefficient (Wildman–Crippen LogP) is 5.32. The van der Waals surface area contributed by atoms with Crippen LogP contribution in [0.25, 0.3) is 32.8 Å². The maximum atomic E-state index is 16.6. The number of hydrogen-bond donors (Lipinski definition) is 1. The Morgan fingerprint density at radius 3 is 2.83 bits per heavy atom. The lowest BCUT2D eigenvalue weighted by molar-refractivity contribution is 0.107. The standard InChI is InChI=1S/C33H33F2N5O/c1-3-21-7-4-8-22-9-5-10-25(28(21)22)26-11-12-27-30(29(26)35)37-32(38-31(27)39(2)24-13-15-36-18-24)41-20-33-14-6-16-40(33)19-23(34)17-33/h1,4-5,7-12,23-24,36H,6,13-20H2,2H3/t23-,24+,33+/m1/s1. The molecule has 3 saturated heterocycles. The van der Waals surface area contributed by atoms with Crippen molar-refractivity contribution in [1.29, 1.82) is 0 Å². The number of hydrogen-bond acceptors (Lipinski definition) is 6. The molecule has 3 aliphatic heterocycles. The van der Waals surface area contributed by atoms with Crippen LogP contribution in [0.2, 0.25) is 0 Å². The Morgan fingerprint density at radius 2 is 2.02 bits per heavy atom. The van der Waals surface area contributed by atoms with Gasteiger partial charge in [0.05, 0.1) is 5.54 Å². The van der Waals surface area contributed by atoms with E-state index in [0.29, 0.717) is 40.9 Å². The summed E-state index contributed by atoms with van der Waals surface area (Å²) < 4.78 is 37.3. The maximum Gasteiger partial charge on any atom is 0.319 e. The number of nitrogens with one attached hydrogen (secondary N) is 1. The Kier molecular flexibility index (Phi) is 6.52. The molecule has 4 heterocycles. The molecule has 0 aliphatic carbocycles. The highest BCUT2D eigenvalue weighted by Gasteiger charge is 2.49. The molecule has 6 nitrogen and oxygen atoms in total. The summed E-state index contributed by atoms with van der Waals surface area (Å²) >= 11 is 0. The van der Waals surface area contributed by atoms with Crippen molar-refractivity contribution in [2.24, 2.45) is 0 Å². The van der Waals surface area contributed by atoms with Crippen LogP contribution in [0.4, 0.5) is 14.6 Å². The number of benzene rings is 3. The van der Waals surface area contributed by atoms with Crippen molar-refractivity contribution in [3.05, 3.63) is 59.9 Å². The average molecular weight is 554 g/mol. The van der Waals surface area contributed by atoms with E-state index in [1.807, 2.05) is 49.5 Å². The minimum absolute atomic E-state index is 0.118. The third-order valence-electron chi connectivity index (χ3n) is 9.26. The van der Waals surface area contributed by atoms with Gasteiger partial charge in [-0.3, -0.25) is 4.90 Å². The molecule has 3 fully saturated rings. The zero-order valence-corrected chi connectivity index (χ0v) is 23.2. The molecule has 3 atom stereocenters. The smallest absolute Gasteiger partial charge is 0.319 e. The Hall–Kier alpha value is -3.80. The lowest BCUT2D eigenvalue weighted by Gasteiger charge is -2.31. The Morgan fingerprint density at radius 1 is 1.17 bits per heavy atom. The van der Waals surface area contributed by atoms with Crippen LogP contribution < -0.4 is 15.0 Å². The second-order valence-corrected chi connectivity index (χ2v) is 11.6. The number of halogens is 2. The molecule has 0 bridgehead atoms. The number of nitrogens with zero attached hydrogens (tertiary/aromatic N) is 4. The van der Waals surface area contributed by atoms with E-state index in [1.165, 1.54) is 0 Å². The fraction of sp³-hybridized carbons (Fsp3) is 0.394. The molecule has 3 aromatic carbocycles. The number of alkyl halides is 1. The van der Waals surface area contributed by atoms with Gasteiger partial charge < -0.3 is 15.0 Å². The van der Waals surface area contributed by atoms with Crippen molar-refractivity contribution in [2.45, 2.75) is 43.4 Å². The Balaban J connectivity index is 1.35. The van der Waals surface area contributed by atoms with Gasteiger partial charge in [0.1, 0.15) is 24.1 Å². The summed E-state index contributed by atoms with van der Waals surface area (Å²) in [6.45, 7) is 3.32. The third kappa shape index (κ3) is 4.39. The van der Waals surface area contributed by atoms with Crippen molar-refractivity contribution in [3.8, 4) is 29.5 Å². The molecule has 1 N–H and O–H groups in total. The fourth-order valence-electron chi connectivity index (χ4n) is 7.14. The van der Waals surface area contributed by atoms with Gasteiger partial charge in [-0.2, -0.15) is 9.97 Å². The van der Waals surface area contributed by atoms with E-state index in [0.717, 1.165) is 49.7 Å². The zero-order valence-electron chi connectivity index (χ0n) is 23.2. The molecular formula is C33H33F2N5O. The number of ether oxygens (including phenoxy) is 1. The van der Waals surface area contributed by atoms with Gasteiger partial charge in [-0.15, -0.1) is 6.42 Å². The number of anilines is 1. The van der Waals surface area contributed by atoms with Crippen LogP contribution in [0.5, 0.6) is 6.01 Å². The van der Waals surface area contributed by atoms with Gasteiger partial charge in [-0.05, 0) is 55.4 Å². The summed E-state index contributed by atoms with van der Waals surface area (Å²) in [4.78, 5) is 13.7. The SMILES string of the molecule is C#Cc1cccc2cccc(-c3ccc4c(N(C)[C@H]5CCNC5)nc(OC[C@@]56CCCN5C[C@H](F)C6)nc4c3F)c12. The third-order valence-corrected chi connectivity index (χ3v) is 9.26. The highest BCUT2D eigenvalue weighted by molar-refractivity contribution is 6.03. The Labute approximate surface area is 238 Å². The van der Waals surface area contributed by atoms with Crippen LogP contribution in [-0.4, -0.2) is 72.5 Å². The molecule has 0 radical (unpaired) electrons. The van der Waals surface area contributed by atoms with Crippen LogP contribution in [0.15, 0.2) is 48.5 Å². The molecule has 0 saturated carbocycles. The van der Waals surface area contributed by atoms with Crippen molar-refractivity contribution in [2.75, 3.05) is 44.7 Å². The average Bonchev–Trinajstić information content (AvgIpc) is 3.72. The molecule has 1 aromatic heterocycles. The van der Waals surface area contributed by atoms with Crippen LogP contribution in [0.1, 0.15) is 31.2 Å². The van der Waals surface area contributed by atoms with Gasteiger partial charge in [-0.25, -0.2) is 8.78 Å². The van der Waals surface area contributed by atoms with E-state index in [2.05, 4.69) is 26.0 Å². The molecule has 41 heavy (non-hydrogen) atoms. The highest BCUT2D eigenvalue weighted by Crippen LogP contribution is 2.41. The van der Waals surface area contributed by atoms with E-state index < -0.39 is 12.0 Å². The van der Waals surface area contributed by atoms with Crippen LogP contribution >= 0.6 is 0 Å². The first kappa shape index (κ1) is 26.1. The first-order valence-electron chi connectivity index (χ1n) is 14.4. The Bertz CT molecular complexity index is 1680. The number of fused-ring (bicyclic) bond motifs is 3. The number of terminal acetylenes is 1. The van der Waals surface area contributed by atoms with Gasteiger partial charge in [0, 0.05) is 54.5 Å². The minimum Gasteiger partial charge on any atom is -0.461 e. The first-order valence-corrected chi connectivity index (χ1v) is 14.4. The van der Waals surface area contributed by atoms with E-state index in [-0.39, 0.29) is 29.7 Å². The largest absolute Gasteiger partial charge is 0.461 e. The van der Waals surface area contributed by atoms with Crippen molar-refractivity contribution in [1.82, 2.24) is 20.2 Å². The quantitative estimate of drug-likeness (QED) is 0.326. The predicted molar refractivity (Wildman–Crippen MR) is 159 cm³/mol. The fourth-order valence-corrected chi connectivity index (χ4v) is 7.14. The second-order valence-electron chi connectivity index (χ2n) is 11.6. The topological polar surface area (TPSA) is 53.5 Å². The van der Waals surface area contributed by atoms with E-state index in [4.69, 9.17) is 16.1 Å². The first-order chi connectivity index (χ1) is 20.0. The lowest BCUT2D eigenvalue weighted by Crippen LogP contribution is -2.43. The minimum atomic E-state index is -0.860. The van der Waals surface area contributed by atoms with Gasteiger partial charge in [0.25, 0.3) is 0 Å². The zero-order chi connectivity index (χ0) is 28.1. The van der Waals surface area contributed by atoms with Gasteiger partial charge in [0.15, 0.2) is 5.82 Å². The summed E-state index contributed by atoms with van der Waals surface area (Å²) in [5, 5.41) is 5.80. The van der Waals surface area contributed by atoms with E-state index in [9.17, 15) is 4.39 Å². The van der Waals surface area contributed by atoms with Crippen molar-refractivity contribution >= 4 is 27.5 Å². The van der Waals surface area contributed by atoms with E-state index >= 15 is 4.39 Å². The van der Waals surface area contributed by atoms with Crippen molar-refractivity contribution < 1.29 is 13.5 Å². The molecule has 3 aliphatic rings. The highest BCUT2D eigenvalue weighted by atomic mass is 19.1. The number of rotatable bonds is 6. The lowest BCUT2D eigenvalue weighted by atomic mass is 9.94. The molecule has 4 aromatic rings.